The number of ether oxygens (including phenoxy) is 1. The van der Waals surface area contributed by atoms with Crippen LogP contribution in [-0.4, -0.2) is 15.9 Å². The summed E-state index contributed by atoms with van der Waals surface area (Å²) in [5.41, 5.74) is 9.02. The van der Waals surface area contributed by atoms with E-state index in [0.717, 1.165) is 11.3 Å². The highest BCUT2D eigenvalue weighted by Gasteiger charge is 2.09. The minimum atomic E-state index is -0.227. The predicted octanol–water partition coefficient (Wildman–Crippen LogP) is 4.65. The van der Waals surface area contributed by atoms with Crippen LogP contribution in [0.15, 0.2) is 91.3 Å². The van der Waals surface area contributed by atoms with Crippen molar-refractivity contribution < 1.29 is 9.53 Å². The van der Waals surface area contributed by atoms with Crippen LogP contribution >= 0.6 is 0 Å². The van der Waals surface area contributed by atoms with Gasteiger partial charge in [-0.15, -0.1) is 0 Å². The molecular weight excluding hydrogens is 376 g/mol. The Hall–Kier alpha value is -4.03. The van der Waals surface area contributed by atoms with Gasteiger partial charge in [-0.25, -0.2) is 0 Å². The lowest BCUT2D eigenvalue weighted by molar-refractivity contribution is 0.102. The number of nitrogens with one attached hydrogen (secondary N) is 1. The molecule has 6 nitrogen and oxygen atoms in total. The number of anilines is 1. The summed E-state index contributed by atoms with van der Waals surface area (Å²) in [6.07, 6.45) is 3.33. The van der Waals surface area contributed by atoms with Gasteiger partial charge in [-0.2, -0.15) is 0 Å². The minimum absolute atomic E-state index is 0.227. The summed E-state index contributed by atoms with van der Waals surface area (Å²) in [4.78, 5) is 21.4. The Morgan fingerprint density at radius 2 is 1.67 bits per heavy atom. The lowest BCUT2D eigenvalue weighted by Crippen LogP contribution is -2.11. The summed E-state index contributed by atoms with van der Waals surface area (Å²) in [6.45, 7) is 0.344. The van der Waals surface area contributed by atoms with E-state index < -0.39 is 0 Å². The van der Waals surface area contributed by atoms with Gasteiger partial charge in [0.2, 0.25) is 0 Å². The molecule has 0 saturated carbocycles. The molecule has 0 aliphatic carbocycles. The molecule has 4 rings (SSSR count). The number of nitrogens with two attached hydrogens (primary N) is 1. The second-order valence-corrected chi connectivity index (χ2v) is 6.57. The molecule has 0 saturated heterocycles. The average molecular weight is 396 g/mol. The normalized spacial score (nSPS) is 10.4. The van der Waals surface area contributed by atoms with Gasteiger partial charge in [0.05, 0.1) is 23.8 Å². The fourth-order valence-electron chi connectivity index (χ4n) is 2.89. The number of nitrogens with zero attached hydrogens (tertiary/aromatic N) is 2. The molecule has 0 fully saturated rings. The van der Waals surface area contributed by atoms with E-state index >= 15 is 0 Å². The van der Waals surface area contributed by atoms with Crippen molar-refractivity contribution in [1.82, 2.24) is 9.97 Å². The monoisotopic (exact) mass is 396 g/mol. The van der Waals surface area contributed by atoms with Crippen molar-refractivity contribution in [3.63, 3.8) is 0 Å². The summed E-state index contributed by atoms with van der Waals surface area (Å²) in [6, 6.07) is 23.9. The van der Waals surface area contributed by atoms with Crippen molar-refractivity contribution in [2.24, 2.45) is 5.73 Å². The molecule has 148 valence electrons. The van der Waals surface area contributed by atoms with Crippen LogP contribution < -0.4 is 15.8 Å². The van der Waals surface area contributed by atoms with Crippen LogP contribution in [-0.2, 0) is 6.54 Å². The second-order valence-electron chi connectivity index (χ2n) is 6.57. The molecule has 0 unspecified atom stereocenters. The van der Waals surface area contributed by atoms with Crippen molar-refractivity contribution in [2.45, 2.75) is 6.54 Å². The van der Waals surface area contributed by atoms with Crippen LogP contribution in [0.2, 0.25) is 0 Å². The summed E-state index contributed by atoms with van der Waals surface area (Å²) in [5, 5.41) is 2.92. The molecule has 0 spiro atoms. The first-order valence-electron chi connectivity index (χ1n) is 9.47. The van der Waals surface area contributed by atoms with E-state index in [1.807, 2.05) is 60.7 Å². The van der Waals surface area contributed by atoms with Gasteiger partial charge in [0.15, 0.2) is 0 Å². The molecule has 3 N–H and O–H groups in total. The van der Waals surface area contributed by atoms with Gasteiger partial charge in [-0.3, -0.25) is 14.8 Å². The Kier molecular flexibility index (Phi) is 5.78. The van der Waals surface area contributed by atoms with Crippen LogP contribution in [0.5, 0.6) is 11.5 Å². The summed E-state index contributed by atoms with van der Waals surface area (Å²) in [7, 11) is 0. The van der Waals surface area contributed by atoms with E-state index in [9.17, 15) is 4.79 Å². The highest BCUT2D eigenvalue weighted by Crippen LogP contribution is 2.24. The Labute approximate surface area is 174 Å². The molecule has 3 aromatic carbocycles. The van der Waals surface area contributed by atoms with Crippen molar-refractivity contribution in [1.29, 1.82) is 0 Å². The molecule has 0 aliphatic rings. The number of carbonyl (C=O) groups excluding carboxylic acids is 1. The molecule has 1 aromatic heterocycles. The van der Waals surface area contributed by atoms with Crippen molar-refractivity contribution in [3.05, 3.63) is 103 Å². The van der Waals surface area contributed by atoms with E-state index in [0.29, 0.717) is 35.0 Å². The van der Waals surface area contributed by atoms with Crippen molar-refractivity contribution in [2.75, 3.05) is 5.32 Å². The highest BCUT2D eigenvalue weighted by atomic mass is 16.5. The number of hydrogen-bond donors (Lipinski definition) is 2. The lowest BCUT2D eigenvalue weighted by Gasteiger charge is -2.09. The molecule has 0 atom stereocenters. The van der Waals surface area contributed by atoms with E-state index in [-0.39, 0.29) is 5.91 Å². The third-order valence-electron chi connectivity index (χ3n) is 4.41. The van der Waals surface area contributed by atoms with Gasteiger partial charge in [0, 0.05) is 23.4 Å². The Morgan fingerprint density at radius 3 is 2.43 bits per heavy atom. The van der Waals surface area contributed by atoms with Gasteiger partial charge in [0.25, 0.3) is 5.91 Å². The number of benzene rings is 3. The third-order valence-corrected chi connectivity index (χ3v) is 4.41. The molecule has 1 amide bonds. The zero-order valence-electron chi connectivity index (χ0n) is 16.2. The van der Waals surface area contributed by atoms with E-state index in [1.165, 1.54) is 0 Å². The summed E-state index contributed by atoms with van der Waals surface area (Å²) < 4.78 is 5.81. The van der Waals surface area contributed by atoms with Crippen LogP contribution in [0, 0.1) is 0 Å². The van der Waals surface area contributed by atoms with Crippen LogP contribution in [0.4, 0.5) is 5.69 Å². The van der Waals surface area contributed by atoms with Gasteiger partial charge < -0.3 is 15.8 Å². The largest absolute Gasteiger partial charge is 0.457 e. The topological polar surface area (TPSA) is 90.1 Å². The SMILES string of the molecule is NCc1cnc(-c2cccc(NC(=O)c3cccc(Oc4ccccc4)c3)c2)cn1. The van der Waals surface area contributed by atoms with Gasteiger partial charge in [-0.05, 0) is 42.5 Å². The quantitative estimate of drug-likeness (QED) is 0.495. The smallest absolute Gasteiger partial charge is 0.255 e. The Balaban J connectivity index is 1.49. The maximum absolute atomic E-state index is 12.7. The number of aromatic nitrogens is 2. The number of rotatable bonds is 6. The molecule has 0 bridgehead atoms. The van der Waals surface area contributed by atoms with Crippen molar-refractivity contribution in [3.8, 4) is 22.8 Å². The molecule has 4 aromatic rings. The standard InChI is InChI=1S/C24H20N4O2/c25-14-20-15-27-23(16-26-20)17-6-4-8-19(12-17)28-24(29)18-7-5-11-22(13-18)30-21-9-2-1-3-10-21/h1-13,15-16H,14,25H2,(H,28,29). The van der Waals surface area contributed by atoms with Gasteiger partial charge >= 0.3 is 0 Å². The predicted molar refractivity (Wildman–Crippen MR) is 116 cm³/mol. The summed E-state index contributed by atoms with van der Waals surface area (Å²) >= 11 is 0. The Morgan fingerprint density at radius 1 is 0.867 bits per heavy atom. The third kappa shape index (κ3) is 4.68. The minimum Gasteiger partial charge on any atom is -0.457 e. The first-order valence-corrected chi connectivity index (χ1v) is 9.47. The first kappa shape index (κ1) is 19.3. The van der Waals surface area contributed by atoms with E-state index in [4.69, 9.17) is 10.5 Å². The van der Waals surface area contributed by atoms with Gasteiger partial charge in [0.1, 0.15) is 11.5 Å². The fourth-order valence-corrected chi connectivity index (χ4v) is 2.89. The molecule has 0 aliphatic heterocycles. The first-order chi connectivity index (χ1) is 14.7. The van der Waals surface area contributed by atoms with Crippen LogP contribution in [0.1, 0.15) is 16.1 Å². The van der Waals surface area contributed by atoms with Crippen molar-refractivity contribution >= 4 is 11.6 Å². The zero-order chi connectivity index (χ0) is 20.8. The maximum atomic E-state index is 12.7. The molecular formula is C24H20N4O2. The van der Waals surface area contributed by atoms with Crippen LogP contribution in [0.25, 0.3) is 11.3 Å². The molecule has 0 radical (unpaired) electrons. The zero-order valence-corrected chi connectivity index (χ0v) is 16.2. The van der Waals surface area contributed by atoms with Crippen LogP contribution in [0.3, 0.4) is 0 Å². The summed E-state index contributed by atoms with van der Waals surface area (Å²) in [5.74, 6) is 1.08. The molecule has 1 heterocycles. The van der Waals surface area contributed by atoms with E-state index in [1.54, 1.807) is 30.6 Å². The lowest BCUT2D eigenvalue weighted by atomic mass is 10.1. The number of para-hydroxylation sites is 1. The van der Waals surface area contributed by atoms with Gasteiger partial charge in [-0.1, -0.05) is 36.4 Å². The molecule has 6 heteroatoms. The second kappa shape index (κ2) is 8.98. The number of carbonyl (C=O) groups is 1. The number of amides is 1. The Bertz CT molecular complexity index is 1150. The fraction of sp³-hybridized carbons (Fsp3) is 0.0417. The number of hydrogen-bond acceptors (Lipinski definition) is 5. The molecule has 30 heavy (non-hydrogen) atoms. The average Bonchev–Trinajstić information content (AvgIpc) is 2.80. The maximum Gasteiger partial charge on any atom is 0.255 e. The van der Waals surface area contributed by atoms with E-state index in [2.05, 4.69) is 15.3 Å². The highest BCUT2D eigenvalue weighted by molar-refractivity contribution is 6.04.